The van der Waals surface area contributed by atoms with E-state index in [0.717, 1.165) is 21.8 Å². The van der Waals surface area contributed by atoms with Crippen molar-refractivity contribution in [2.45, 2.75) is 94.4 Å². The summed E-state index contributed by atoms with van der Waals surface area (Å²) in [7, 11) is 0. The fourth-order valence-corrected chi connectivity index (χ4v) is 8.73. The number of H-pyrrole nitrogens is 2. The van der Waals surface area contributed by atoms with Gasteiger partial charge in [-0.15, -0.1) is 0 Å². The van der Waals surface area contributed by atoms with Crippen LogP contribution in [0.15, 0.2) is 106 Å². The molecule has 1 aliphatic heterocycles. The van der Waals surface area contributed by atoms with E-state index >= 15 is 0 Å². The van der Waals surface area contributed by atoms with Gasteiger partial charge in [0.1, 0.15) is 24.2 Å². The van der Waals surface area contributed by atoms with Crippen molar-refractivity contribution >= 4 is 75.0 Å². The number of nitrogens with one attached hydrogen (secondary N) is 7. The molecular weight excluding hydrogens is 921 g/mol. The maximum Gasteiger partial charge on any atom is 0.243 e. The minimum atomic E-state index is -1.32. The molecule has 5 aromatic rings. The van der Waals surface area contributed by atoms with Gasteiger partial charge >= 0.3 is 0 Å². The zero-order valence-electron chi connectivity index (χ0n) is 40.1. The van der Waals surface area contributed by atoms with Crippen LogP contribution < -0.4 is 61.0 Å². The van der Waals surface area contributed by atoms with Gasteiger partial charge in [0.2, 0.25) is 29.5 Å². The van der Waals surface area contributed by atoms with Crippen molar-refractivity contribution in [2.75, 3.05) is 19.6 Å². The van der Waals surface area contributed by atoms with E-state index in [-0.39, 0.29) is 102 Å². The van der Waals surface area contributed by atoms with E-state index in [9.17, 15) is 28.8 Å². The lowest BCUT2D eigenvalue weighted by Crippen LogP contribution is -2.60. The van der Waals surface area contributed by atoms with Crippen LogP contribution in [-0.2, 0) is 48.0 Å². The molecule has 0 aliphatic carbocycles. The van der Waals surface area contributed by atoms with E-state index in [1.54, 1.807) is 36.7 Å². The maximum absolute atomic E-state index is 15.0. The van der Waals surface area contributed by atoms with Crippen LogP contribution in [0.5, 0.6) is 0 Å². The number of carbonyl (C=O) groups excluding carboxylic acids is 6. The van der Waals surface area contributed by atoms with Gasteiger partial charge in [0.05, 0.1) is 6.04 Å². The second-order valence-electron chi connectivity index (χ2n) is 17.8. The summed E-state index contributed by atoms with van der Waals surface area (Å²) >= 11 is 0. The molecular formula is C50H66N16O6. The summed E-state index contributed by atoms with van der Waals surface area (Å²) in [6.07, 6.45) is 3.95. The Labute approximate surface area is 416 Å². The van der Waals surface area contributed by atoms with Crippen molar-refractivity contribution in [3.05, 3.63) is 108 Å². The first-order valence-corrected chi connectivity index (χ1v) is 24.0. The van der Waals surface area contributed by atoms with Gasteiger partial charge in [-0.25, -0.2) is 0 Å². The standard InChI is InChI=1S/C50H66N16O6/c51-48(52)57-20-8-13-30-26-42(67)39(23-29-11-2-1-3-12-29)64-45(70)38(19-10-22-59-50(55)56)62-44(69)37(18-9-21-58-49(53)54)63-46(71)41(25-32-28-61-36-17-7-5-15-34(32)36)66-47(72)40(65-43(30)68)24-31-27-60-35-16-6-4-14-33(31)35/h1-7,11-12,14-17,27-28,30,37-41,60-61H,8-10,13,18-26H2,(H,62,69)(H,63,71)(H,64,70)(H,65,68)(H,66,72)(H4,51,52,57)(H4,53,54,58)(H4,55,56,59)/t30-,37-,38-,39-,40-,41-/m0/s1. The van der Waals surface area contributed by atoms with Crippen molar-refractivity contribution in [1.82, 2.24) is 36.6 Å². The Morgan fingerprint density at radius 1 is 0.444 bits per heavy atom. The van der Waals surface area contributed by atoms with Gasteiger partial charge in [-0.3, -0.25) is 43.7 Å². The highest BCUT2D eigenvalue weighted by atomic mass is 16.2. The van der Waals surface area contributed by atoms with E-state index in [4.69, 9.17) is 34.4 Å². The molecule has 22 nitrogen and oxygen atoms in total. The third kappa shape index (κ3) is 15.5. The Hall–Kier alpha value is -8.43. The average molecular weight is 987 g/mol. The average Bonchev–Trinajstić information content (AvgIpc) is 3.96. The number of amides is 5. The van der Waals surface area contributed by atoms with E-state index in [1.807, 2.05) is 54.6 Å². The second kappa shape index (κ2) is 26.0. The number of ketones is 1. The molecule has 19 N–H and O–H groups in total. The molecule has 6 atom stereocenters. The smallest absolute Gasteiger partial charge is 0.243 e. The molecule has 72 heavy (non-hydrogen) atoms. The molecule has 3 aromatic carbocycles. The van der Waals surface area contributed by atoms with Crippen LogP contribution in [0.3, 0.4) is 0 Å². The Kier molecular flexibility index (Phi) is 19.1. The van der Waals surface area contributed by atoms with Crippen molar-refractivity contribution < 1.29 is 28.8 Å². The number of nitrogens with two attached hydrogens (primary N) is 6. The minimum Gasteiger partial charge on any atom is -0.370 e. The van der Waals surface area contributed by atoms with Gasteiger partial charge < -0.3 is 71.0 Å². The molecule has 5 amide bonds. The number of para-hydroxylation sites is 2. The van der Waals surface area contributed by atoms with Gasteiger partial charge in [-0.05, 0) is 73.8 Å². The Balaban J connectivity index is 1.45. The quantitative estimate of drug-likeness (QED) is 0.0310. The molecule has 1 saturated heterocycles. The molecule has 0 bridgehead atoms. The van der Waals surface area contributed by atoms with Crippen molar-refractivity contribution in [2.24, 2.45) is 55.3 Å². The molecule has 3 heterocycles. The van der Waals surface area contributed by atoms with Crippen LogP contribution in [-0.4, -0.2) is 113 Å². The lowest BCUT2D eigenvalue weighted by molar-refractivity contribution is -0.137. The number of hydrogen-bond donors (Lipinski definition) is 13. The van der Waals surface area contributed by atoms with Crippen molar-refractivity contribution in [1.29, 1.82) is 0 Å². The highest BCUT2D eigenvalue weighted by Crippen LogP contribution is 2.23. The van der Waals surface area contributed by atoms with Crippen molar-refractivity contribution in [3.63, 3.8) is 0 Å². The number of nitrogens with zero attached hydrogens (tertiary/aromatic N) is 3. The SMILES string of the molecule is NC(N)=NCCC[C@H]1CC(=O)[C@H](Cc2ccccc2)NC(=O)[C@H](CCCN=C(N)N)NC(=O)[C@H](CCCN=C(N)N)NC(=O)[C@H](Cc2c[nH]c3ccccc23)NC(=O)[C@H](Cc2c[nH]c3ccccc23)NC1=O. The number of aromatic amines is 2. The normalized spacial score (nSPS) is 20.5. The third-order valence-corrected chi connectivity index (χ3v) is 12.4. The fraction of sp³-hybridized carbons (Fsp3) is 0.380. The van der Waals surface area contributed by atoms with E-state index in [0.29, 0.717) is 16.7 Å². The van der Waals surface area contributed by atoms with Gasteiger partial charge in [-0.1, -0.05) is 66.7 Å². The highest BCUT2D eigenvalue weighted by molar-refractivity contribution is 5.99. The van der Waals surface area contributed by atoms with Crippen molar-refractivity contribution in [3.8, 4) is 0 Å². The number of Topliss-reactive ketones (excluding diaryl/α,β-unsaturated/α-hetero) is 1. The van der Waals surface area contributed by atoms with Crippen LogP contribution >= 0.6 is 0 Å². The minimum absolute atomic E-state index is 0.00335. The summed E-state index contributed by atoms with van der Waals surface area (Å²) in [5.41, 5.74) is 37.3. The third-order valence-electron chi connectivity index (χ3n) is 12.4. The first-order chi connectivity index (χ1) is 34.6. The number of guanidine groups is 3. The summed E-state index contributed by atoms with van der Waals surface area (Å²) in [6, 6.07) is 17.6. The molecule has 22 heteroatoms. The van der Waals surface area contributed by atoms with E-state index in [1.165, 1.54) is 0 Å². The molecule has 0 unspecified atom stereocenters. The lowest BCUT2D eigenvalue weighted by Gasteiger charge is -2.29. The number of benzene rings is 3. The maximum atomic E-state index is 15.0. The number of rotatable bonds is 18. The zero-order chi connectivity index (χ0) is 51.6. The first kappa shape index (κ1) is 52.9. The predicted octanol–water partition coefficient (Wildman–Crippen LogP) is -0.149. The largest absolute Gasteiger partial charge is 0.370 e. The summed E-state index contributed by atoms with van der Waals surface area (Å²) in [6.45, 7) is 0.360. The second-order valence-corrected chi connectivity index (χ2v) is 17.8. The molecule has 6 rings (SSSR count). The monoisotopic (exact) mass is 987 g/mol. The summed E-state index contributed by atoms with van der Waals surface area (Å²) in [5.74, 6) is -5.50. The van der Waals surface area contributed by atoms with Crippen LogP contribution in [0, 0.1) is 5.92 Å². The van der Waals surface area contributed by atoms with Crippen LogP contribution in [0.1, 0.15) is 61.6 Å². The molecule has 382 valence electrons. The first-order valence-electron chi connectivity index (χ1n) is 24.0. The van der Waals surface area contributed by atoms with E-state index < -0.39 is 71.4 Å². The Bertz CT molecular complexity index is 2760. The molecule has 0 saturated carbocycles. The number of hydrogen-bond acceptors (Lipinski definition) is 9. The van der Waals surface area contributed by atoms with Crippen LogP contribution in [0.4, 0.5) is 0 Å². The van der Waals surface area contributed by atoms with Crippen LogP contribution in [0.2, 0.25) is 0 Å². The summed E-state index contributed by atoms with van der Waals surface area (Å²) in [4.78, 5) is 107. The molecule has 1 aliphatic rings. The number of carbonyl (C=O) groups is 6. The summed E-state index contributed by atoms with van der Waals surface area (Å²) < 4.78 is 0. The number of aliphatic imine (C=N–C) groups is 3. The Morgan fingerprint density at radius 2 is 0.833 bits per heavy atom. The van der Waals surface area contributed by atoms with Gasteiger partial charge in [0.25, 0.3) is 0 Å². The zero-order valence-corrected chi connectivity index (χ0v) is 40.1. The highest BCUT2D eigenvalue weighted by Gasteiger charge is 2.36. The lowest BCUT2D eigenvalue weighted by atomic mass is 9.90. The fourth-order valence-electron chi connectivity index (χ4n) is 8.73. The number of aromatic nitrogens is 2. The van der Waals surface area contributed by atoms with Crippen LogP contribution in [0.25, 0.3) is 21.8 Å². The predicted molar refractivity (Wildman–Crippen MR) is 277 cm³/mol. The molecule has 0 radical (unpaired) electrons. The van der Waals surface area contributed by atoms with Gasteiger partial charge in [0, 0.05) is 79.0 Å². The molecule has 0 spiro atoms. The Morgan fingerprint density at radius 3 is 1.31 bits per heavy atom. The topological polar surface area (TPSA) is 387 Å². The number of fused-ring (bicyclic) bond motifs is 2. The van der Waals surface area contributed by atoms with E-state index in [2.05, 4.69) is 51.5 Å². The molecule has 1 fully saturated rings. The van der Waals surface area contributed by atoms with Gasteiger partial charge in [0.15, 0.2) is 23.7 Å². The van der Waals surface area contributed by atoms with Gasteiger partial charge in [-0.2, -0.15) is 0 Å². The molecule has 2 aromatic heterocycles. The summed E-state index contributed by atoms with van der Waals surface area (Å²) in [5, 5.41) is 16.0.